The highest BCUT2D eigenvalue weighted by Gasteiger charge is 2.10. The number of ether oxygens (including phenoxy) is 2. The van der Waals surface area contributed by atoms with E-state index in [0.29, 0.717) is 11.5 Å². The summed E-state index contributed by atoms with van der Waals surface area (Å²) in [6.45, 7) is 6.04. The molecule has 0 aliphatic heterocycles. The molecule has 1 aromatic rings. The normalized spacial score (nSPS) is 10.9. The lowest BCUT2D eigenvalue weighted by Gasteiger charge is -2.21. The van der Waals surface area contributed by atoms with Gasteiger partial charge in [-0.25, -0.2) is 0 Å². The second-order valence-electron chi connectivity index (χ2n) is 6.19. The van der Waals surface area contributed by atoms with Crippen LogP contribution in [-0.4, -0.2) is 38.1 Å². The number of hydrogen-bond acceptors (Lipinski definition) is 3. The Kier molecular flexibility index (Phi) is 10.5. The van der Waals surface area contributed by atoms with Gasteiger partial charge in [0.1, 0.15) is 0 Å². The molecule has 0 saturated heterocycles. The average molecular weight is 347 g/mol. The Bertz CT molecular complexity index is 530. The van der Waals surface area contributed by atoms with Crippen molar-refractivity contribution in [1.29, 1.82) is 0 Å². The van der Waals surface area contributed by atoms with Gasteiger partial charge in [0.25, 0.3) is 0 Å². The second-order valence-corrected chi connectivity index (χ2v) is 6.19. The Hall–Kier alpha value is -1.97. The smallest absolute Gasteiger partial charge is 0.246 e. The van der Waals surface area contributed by atoms with Gasteiger partial charge in [-0.1, -0.05) is 45.6 Å². The van der Waals surface area contributed by atoms with Crippen LogP contribution in [0.5, 0.6) is 11.5 Å². The molecule has 0 bridgehead atoms. The van der Waals surface area contributed by atoms with E-state index in [2.05, 4.69) is 13.8 Å². The first-order chi connectivity index (χ1) is 12.2. The van der Waals surface area contributed by atoms with Gasteiger partial charge in [0.15, 0.2) is 11.5 Å². The third-order valence-corrected chi connectivity index (χ3v) is 4.20. The molecule has 1 rings (SSSR count). The summed E-state index contributed by atoms with van der Waals surface area (Å²) in [6, 6.07) is 5.65. The molecule has 0 aromatic heterocycles. The van der Waals surface area contributed by atoms with Crippen LogP contribution in [0, 0.1) is 0 Å². The number of benzene rings is 1. The van der Waals surface area contributed by atoms with Crippen molar-refractivity contribution in [3.8, 4) is 11.5 Å². The molecule has 140 valence electrons. The largest absolute Gasteiger partial charge is 0.493 e. The van der Waals surface area contributed by atoms with Gasteiger partial charge in [0, 0.05) is 19.2 Å². The van der Waals surface area contributed by atoms with Gasteiger partial charge < -0.3 is 14.4 Å². The number of rotatable bonds is 12. The molecule has 0 saturated carbocycles. The minimum atomic E-state index is 0.0852. The molecule has 0 fully saturated rings. The SMILES string of the molecule is CCCCCN(CCCCC)C(=O)/C=C/c1ccc(OC)c(OC)c1. The zero-order valence-corrected chi connectivity index (χ0v) is 16.2. The lowest BCUT2D eigenvalue weighted by molar-refractivity contribution is -0.126. The Morgan fingerprint density at radius 1 is 0.960 bits per heavy atom. The molecule has 1 amide bonds. The van der Waals surface area contributed by atoms with Gasteiger partial charge in [-0.3, -0.25) is 4.79 Å². The minimum absolute atomic E-state index is 0.0852. The van der Waals surface area contributed by atoms with E-state index in [9.17, 15) is 4.79 Å². The standard InChI is InChI=1S/C21H33NO3/c1-5-7-9-15-22(16-10-8-6-2)21(23)14-12-18-11-13-19(24-3)20(17-18)25-4/h11-14,17H,5-10,15-16H2,1-4H3/b14-12+. The number of carbonyl (C=O) groups excluding carboxylic acids is 1. The van der Waals surface area contributed by atoms with E-state index >= 15 is 0 Å². The minimum Gasteiger partial charge on any atom is -0.493 e. The quantitative estimate of drug-likeness (QED) is 0.398. The predicted molar refractivity (Wildman–Crippen MR) is 104 cm³/mol. The third-order valence-electron chi connectivity index (χ3n) is 4.20. The molecule has 0 N–H and O–H groups in total. The molecule has 0 heterocycles. The molecule has 1 aromatic carbocycles. The van der Waals surface area contributed by atoms with Crippen molar-refractivity contribution in [3.05, 3.63) is 29.8 Å². The maximum absolute atomic E-state index is 12.6. The van der Waals surface area contributed by atoms with Crippen LogP contribution < -0.4 is 9.47 Å². The fraction of sp³-hybridized carbons (Fsp3) is 0.571. The van der Waals surface area contributed by atoms with Crippen LogP contribution in [0.25, 0.3) is 6.08 Å². The molecule has 0 radical (unpaired) electrons. The second kappa shape index (κ2) is 12.4. The monoisotopic (exact) mass is 347 g/mol. The maximum Gasteiger partial charge on any atom is 0.246 e. The van der Waals surface area contributed by atoms with Crippen LogP contribution in [0.4, 0.5) is 0 Å². The number of nitrogens with zero attached hydrogens (tertiary/aromatic N) is 1. The van der Waals surface area contributed by atoms with Gasteiger partial charge in [0.05, 0.1) is 14.2 Å². The van der Waals surface area contributed by atoms with E-state index in [1.165, 1.54) is 12.8 Å². The van der Waals surface area contributed by atoms with E-state index < -0.39 is 0 Å². The van der Waals surface area contributed by atoms with E-state index in [0.717, 1.165) is 44.3 Å². The molecule has 0 atom stereocenters. The number of hydrogen-bond donors (Lipinski definition) is 0. The fourth-order valence-electron chi connectivity index (χ4n) is 2.67. The van der Waals surface area contributed by atoms with Crippen LogP contribution >= 0.6 is 0 Å². The summed E-state index contributed by atoms with van der Waals surface area (Å²) in [4.78, 5) is 14.5. The van der Waals surface area contributed by atoms with Crippen LogP contribution in [0.15, 0.2) is 24.3 Å². The van der Waals surface area contributed by atoms with Gasteiger partial charge in [0.2, 0.25) is 5.91 Å². The number of methoxy groups -OCH3 is 2. The Morgan fingerprint density at radius 2 is 1.56 bits per heavy atom. The summed E-state index contributed by atoms with van der Waals surface area (Å²) in [5, 5.41) is 0. The highest BCUT2D eigenvalue weighted by atomic mass is 16.5. The first-order valence-corrected chi connectivity index (χ1v) is 9.35. The molecule has 0 aliphatic rings. The van der Waals surface area contributed by atoms with E-state index in [1.54, 1.807) is 20.3 Å². The Morgan fingerprint density at radius 3 is 2.08 bits per heavy atom. The Balaban J connectivity index is 2.74. The van der Waals surface area contributed by atoms with Crippen molar-refractivity contribution >= 4 is 12.0 Å². The zero-order valence-electron chi connectivity index (χ0n) is 16.2. The average Bonchev–Trinajstić information content (AvgIpc) is 2.64. The van der Waals surface area contributed by atoms with Gasteiger partial charge in [-0.05, 0) is 36.6 Å². The summed E-state index contributed by atoms with van der Waals surface area (Å²) in [6.07, 6.45) is 10.3. The van der Waals surface area contributed by atoms with Crippen molar-refractivity contribution in [2.45, 2.75) is 52.4 Å². The molecule has 0 unspecified atom stereocenters. The van der Waals surface area contributed by atoms with E-state index in [-0.39, 0.29) is 5.91 Å². The van der Waals surface area contributed by atoms with Crippen molar-refractivity contribution in [1.82, 2.24) is 4.90 Å². The summed E-state index contributed by atoms with van der Waals surface area (Å²) in [7, 11) is 3.22. The van der Waals surface area contributed by atoms with Crippen molar-refractivity contribution < 1.29 is 14.3 Å². The molecular formula is C21H33NO3. The summed E-state index contributed by atoms with van der Waals surface area (Å²) >= 11 is 0. The molecular weight excluding hydrogens is 314 g/mol. The lowest BCUT2D eigenvalue weighted by atomic mass is 10.1. The van der Waals surface area contributed by atoms with Crippen molar-refractivity contribution in [3.63, 3.8) is 0 Å². The number of carbonyl (C=O) groups is 1. The first kappa shape index (κ1) is 21.1. The molecule has 25 heavy (non-hydrogen) atoms. The van der Waals surface area contributed by atoms with E-state index in [1.807, 2.05) is 29.2 Å². The lowest BCUT2D eigenvalue weighted by Crippen LogP contribution is -2.31. The van der Waals surface area contributed by atoms with E-state index in [4.69, 9.17) is 9.47 Å². The fourth-order valence-corrected chi connectivity index (χ4v) is 2.67. The summed E-state index contributed by atoms with van der Waals surface area (Å²) < 4.78 is 10.5. The van der Waals surface area contributed by atoms with Crippen LogP contribution in [0.1, 0.15) is 57.9 Å². The summed E-state index contributed by atoms with van der Waals surface area (Å²) in [5.74, 6) is 1.44. The van der Waals surface area contributed by atoms with Crippen molar-refractivity contribution in [2.75, 3.05) is 27.3 Å². The molecule has 0 aliphatic carbocycles. The van der Waals surface area contributed by atoms with Crippen LogP contribution in [-0.2, 0) is 4.79 Å². The van der Waals surface area contributed by atoms with Crippen LogP contribution in [0.2, 0.25) is 0 Å². The van der Waals surface area contributed by atoms with Gasteiger partial charge in [-0.2, -0.15) is 0 Å². The molecule has 4 heteroatoms. The molecule has 4 nitrogen and oxygen atoms in total. The third kappa shape index (κ3) is 7.63. The number of amides is 1. The zero-order chi connectivity index (χ0) is 18.5. The van der Waals surface area contributed by atoms with Gasteiger partial charge in [-0.15, -0.1) is 0 Å². The van der Waals surface area contributed by atoms with Crippen molar-refractivity contribution in [2.24, 2.45) is 0 Å². The maximum atomic E-state index is 12.6. The summed E-state index contributed by atoms with van der Waals surface area (Å²) in [5.41, 5.74) is 0.924. The Labute approximate surface area is 152 Å². The predicted octanol–water partition coefficient (Wildman–Crippen LogP) is 4.93. The number of unbranched alkanes of at least 4 members (excludes halogenated alkanes) is 4. The van der Waals surface area contributed by atoms with Gasteiger partial charge >= 0.3 is 0 Å². The topological polar surface area (TPSA) is 38.8 Å². The first-order valence-electron chi connectivity index (χ1n) is 9.35. The highest BCUT2D eigenvalue weighted by Crippen LogP contribution is 2.28. The highest BCUT2D eigenvalue weighted by molar-refractivity contribution is 5.91. The van der Waals surface area contributed by atoms with Crippen LogP contribution in [0.3, 0.4) is 0 Å². The molecule has 0 spiro atoms.